The van der Waals surface area contributed by atoms with Gasteiger partial charge in [0.1, 0.15) is 12.1 Å². The van der Waals surface area contributed by atoms with Gasteiger partial charge in [0, 0.05) is 6.54 Å². The van der Waals surface area contributed by atoms with Crippen LogP contribution in [0.5, 0.6) is 0 Å². The maximum absolute atomic E-state index is 8.73. The number of rotatable bonds is 3. The van der Waals surface area contributed by atoms with Gasteiger partial charge in [0.05, 0.1) is 6.33 Å². The Morgan fingerprint density at radius 1 is 1.46 bits per heavy atom. The first-order valence-corrected chi connectivity index (χ1v) is 3.89. The molecule has 0 atom stereocenters. The van der Waals surface area contributed by atoms with E-state index in [1.165, 1.54) is 6.33 Å². The third-order valence-electron chi connectivity index (χ3n) is 1.65. The van der Waals surface area contributed by atoms with E-state index in [2.05, 4.69) is 4.98 Å². The smallest absolute Gasteiger partial charge is 0.176 e. The van der Waals surface area contributed by atoms with Gasteiger partial charge in [-0.1, -0.05) is 0 Å². The van der Waals surface area contributed by atoms with Gasteiger partial charge in [-0.25, -0.2) is 4.98 Å². The van der Waals surface area contributed by atoms with E-state index in [0.717, 1.165) is 6.42 Å². The Morgan fingerprint density at radius 2 is 2.23 bits per heavy atom. The lowest BCUT2D eigenvalue weighted by molar-refractivity contribution is 0.644. The van der Waals surface area contributed by atoms with Crippen molar-refractivity contribution < 1.29 is 0 Å². The highest BCUT2D eigenvalue weighted by Crippen LogP contribution is 2.05. The lowest BCUT2D eigenvalue weighted by Gasteiger charge is -2.00. The Kier molecular flexibility index (Phi) is 3.02. The van der Waals surface area contributed by atoms with E-state index in [0.29, 0.717) is 18.8 Å². The number of aromatic nitrogens is 2. The molecule has 2 N–H and O–H groups in total. The van der Waals surface area contributed by atoms with Crippen LogP contribution in [0.3, 0.4) is 0 Å². The second-order valence-corrected chi connectivity index (χ2v) is 2.50. The quantitative estimate of drug-likeness (QED) is 0.698. The summed E-state index contributed by atoms with van der Waals surface area (Å²) in [5.41, 5.74) is 5.82. The number of hydrogen-bond acceptors (Lipinski definition) is 4. The molecular weight excluding hydrogens is 166 g/mol. The molecule has 1 aromatic rings. The Balaban J connectivity index is 2.91. The third kappa shape index (κ3) is 1.84. The monoisotopic (exact) mass is 175 g/mol. The van der Waals surface area contributed by atoms with Gasteiger partial charge in [0.2, 0.25) is 0 Å². The fraction of sp³-hybridized carbons (Fsp3) is 0.375. The van der Waals surface area contributed by atoms with E-state index in [9.17, 15) is 0 Å². The zero-order chi connectivity index (χ0) is 9.68. The van der Waals surface area contributed by atoms with Crippen molar-refractivity contribution in [2.75, 3.05) is 6.54 Å². The summed E-state index contributed by atoms with van der Waals surface area (Å²) in [5.74, 6) is 0. The van der Waals surface area contributed by atoms with Crippen molar-refractivity contribution in [3.05, 3.63) is 17.7 Å². The summed E-state index contributed by atoms with van der Waals surface area (Å²) in [6.07, 6.45) is 2.27. The van der Waals surface area contributed by atoms with Crippen LogP contribution in [0.15, 0.2) is 6.33 Å². The molecule has 0 unspecified atom stereocenters. The molecule has 0 fully saturated rings. The van der Waals surface area contributed by atoms with Crippen LogP contribution in [0.2, 0.25) is 0 Å². The Bertz CT molecular complexity index is 365. The highest BCUT2D eigenvalue weighted by atomic mass is 15.1. The minimum absolute atomic E-state index is 0.180. The number of nitrogens with two attached hydrogens (primary N) is 1. The fourth-order valence-corrected chi connectivity index (χ4v) is 1.01. The molecule has 0 aromatic carbocycles. The van der Waals surface area contributed by atoms with Crippen LogP contribution in [0.4, 0.5) is 0 Å². The molecule has 0 amide bonds. The van der Waals surface area contributed by atoms with Crippen LogP contribution in [-0.2, 0) is 6.54 Å². The van der Waals surface area contributed by atoms with Crippen molar-refractivity contribution in [3.63, 3.8) is 0 Å². The van der Waals surface area contributed by atoms with E-state index in [-0.39, 0.29) is 5.69 Å². The molecule has 0 aliphatic heterocycles. The van der Waals surface area contributed by atoms with Crippen LogP contribution in [0.25, 0.3) is 0 Å². The van der Waals surface area contributed by atoms with E-state index in [1.54, 1.807) is 4.57 Å². The molecule has 0 saturated heterocycles. The van der Waals surface area contributed by atoms with Gasteiger partial charge in [0.25, 0.3) is 0 Å². The predicted molar refractivity (Wildman–Crippen MR) is 45.3 cm³/mol. The van der Waals surface area contributed by atoms with Crippen molar-refractivity contribution in [3.8, 4) is 12.1 Å². The zero-order valence-corrected chi connectivity index (χ0v) is 7.06. The summed E-state index contributed by atoms with van der Waals surface area (Å²) in [7, 11) is 0. The van der Waals surface area contributed by atoms with E-state index in [1.807, 2.05) is 12.1 Å². The maximum atomic E-state index is 8.73. The van der Waals surface area contributed by atoms with Crippen molar-refractivity contribution in [2.24, 2.45) is 5.73 Å². The lowest BCUT2D eigenvalue weighted by atomic mass is 10.3. The minimum atomic E-state index is 0.180. The average molecular weight is 175 g/mol. The van der Waals surface area contributed by atoms with E-state index < -0.39 is 0 Å². The summed E-state index contributed by atoms with van der Waals surface area (Å²) in [5, 5.41) is 17.3. The maximum Gasteiger partial charge on any atom is 0.176 e. The molecule has 5 nitrogen and oxygen atoms in total. The Labute approximate surface area is 76.0 Å². The van der Waals surface area contributed by atoms with Crippen LogP contribution in [0.1, 0.15) is 17.8 Å². The number of aryl methyl sites for hydroxylation is 1. The van der Waals surface area contributed by atoms with Crippen molar-refractivity contribution in [2.45, 2.75) is 13.0 Å². The SMILES string of the molecule is N#Cc1ncn(CCCN)c1C#N. The summed E-state index contributed by atoms with van der Waals surface area (Å²) < 4.78 is 1.64. The normalized spacial score (nSPS) is 9.15. The molecule has 5 heteroatoms. The molecular formula is C8H9N5. The highest BCUT2D eigenvalue weighted by molar-refractivity contribution is 5.35. The first-order chi connectivity index (χ1) is 6.33. The molecule has 0 saturated carbocycles. The second-order valence-electron chi connectivity index (χ2n) is 2.50. The standard InChI is InChI=1S/C8H9N5/c9-2-1-3-13-6-12-7(4-10)8(13)5-11/h6H,1-3,9H2. The highest BCUT2D eigenvalue weighted by Gasteiger charge is 2.08. The van der Waals surface area contributed by atoms with Gasteiger partial charge < -0.3 is 10.3 Å². The van der Waals surface area contributed by atoms with Crippen LogP contribution in [-0.4, -0.2) is 16.1 Å². The summed E-state index contributed by atoms with van der Waals surface area (Å²) in [6, 6.07) is 3.80. The van der Waals surface area contributed by atoms with Crippen molar-refractivity contribution in [1.29, 1.82) is 10.5 Å². The summed E-state index contributed by atoms with van der Waals surface area (Å²) in [6.45, 7) is 1.19. The predicted octanol–water partition coefficient (Wildman–Crippen LogP) is -0.0247. The van der Waals surface area contributed by atoms with Gasteiger partial charge in [-0.3, -0.25) is 0 Å². The second kappa shape index (κ2) is 4.24. The largest absolute Gasteiger partial charge is 0.330 e. The number of nitriles is 2. The van der Waals surface area contributed by atoms with Gasteiger partial charge in [-0.05, 0) is 13.0 Å². The molecule has 0 radical (unpaired) electrons. The van der Waals surface area contributed by atoms with Gasteiger partial charge in [-0.2, -0.15) is 10.5 Å². The van der Waals surface area contributed by atoms with Crippen LogP contribution >= 0.6 is 0 Å². The fourth-order valence-electron chi connectivity index (χ4n) is 1.01. The molecule has 1 heterocycles. The Hall–Kier alpha value is -1.85. The first kappa shape index (κ1) is 9.24. The minimum Gasteiger partial charge on any atom is -0.330 e. The van der Waals surface area contributed by atoms with Crippen LogP contribution < -0.4 is 5.73 Å². The third-order valence-corrected chi connectivity index (χ3v) is 1.65. The number of imidazole rings is 1. The van der Waals surface area contributed by atoms with E-state index >= 15 is 0 Å². The van der Waals surface area contributed by atoms with Gasteiger partial charge in [-0.15, -0.1) is 0 Å². The summed E-state index contributed by atoms with van der Waals surface area (Å²) in [4.78, 5) is 3.80. The molecule has 66 valence electrons. The molecule has 0 spiro atoms. The lowest BCUT2D eigenvalue weighted by Crippen LogP contribution is -2.06. The molecule has 0 aliphatic carbocycles. The zero-order valence-electron chi connectivity index (χ0n) is 7.06. The first-order valence-electron chi connectivity index (χ1n) is 3.89. The molecule has 1 rings (SSSR count). The topological polar surface area (TPSA) is 91.4 Å². The summed E-state index contributed by atoms with van der Waals surface area (Å²) >= 11 is 0. The number of nitrogens with zero attached hydrogens (tertiary/aromatic N) is 4. The molecule has 13 heavy (non-hydrogen) atoms. The van der Waals surface area contributed by atoms with Gasteiger partial charge >= 0.3 is 0 Å². The molecule has 0 bridgehead atoms. The number of hydrogen-bond donors (Lipinski definition) is 1. The molecule has 1 aromatic heterocycles. The Morgan fingerprint density at radius 3 is 2.77 bits per heavy atom. The molecule has 0 aliphatic rings. The van der Waals surface area contributed by atoms with Gasteiger partial charge in [0.15, 0.2) is 11.4 Å². The van der Waals surface area contributed by atoms with Crippen molar-refractivity contribution >= 4 is 0 Å². The van der Waals surface area contributed by atoms with Crippen molar-refractivity contribution in [1.82, 2.24) is 9.55 Å². The van der Waals surface area contributed by atoms with Crippen LogP contribution in [0, 0.1) is 22.7 Å². The van der Waals surface area contributed by atoms with E-state index in [4.69, 9.17) is 16.3 Å². The average Bonchev–Trinajstić information content (AvgIpc) is 2.56.